The molecule has 1 atom stereocenters. The van der Waals surface area contributed by atoms with Crippen LogP contribution in [0.15, 0.2) is 46.7 Å². The Bertz CT molecular complexity index is 815. The van der Waals surface area contributed by atoms with Gasteiger partial charge in [0.15, 0.2) is 0 Å². The predicted octanol–water partition coefficient (Wildman–Crippen LogP) is 3.56. The molecule has 24 heavy (non-hydrogen) atoms. The molecule has 0 aliphatic carbocycles. The maximum absolute atomic E-state index is 12.8. The average molecular weight is 364 g/mol. The van der Waals surface area contributed by atoms with Crippen LogP contribution >= 0.6 is 11.3 Å². The van der Waals surface area contributed by atoms with Gasteiger partial charge >= 0.3 is 0 Å². The summed E-state index contributed by atoms with van der Waals surface area (Å²) in [6.45, 7) is 2.48. The Morgan fingerprint density at radius 2 is 2.00 bits per heavy atom. The second-order valence-electron chi connectivity index (χ2n) is 5.93. The number of anilines is 1. The van der Waals surface area contributed by atoms with Gasteiger partial charge in [-0.2, -0.15) is 4.31 Å². The molecule has 0 bridgehead atoms. The summed E-state index contributed by atoms with van der Waals surface area (Å²) in [4.78, 5) is 12.9. The number of amides is 1. The Morgan fingerprint density at radius 3 is 2.71 bits per heavy atom. The second-order valence-corrected chi connectivity index (χ2v) is 8.73. The predicted molar refractivity (Wildman–Crippen MR) is 95.9 cm³/mol. The molecule has 1 N–H and O–H groups in total. The van der Waals surface area contributed by atoms with E-state index in [9.17, 15) is 13.2 Å². The SMILES string of the molecule is CC1CCCCN1S(=O)(=O)c1csc(C(=O)Nc2ccccc2)c1. The number of sulfonamides is 1. The molecule has 1 aromatic heterocycles. The third-order valence-electron chi connectivity index (χ3n) is 4.18. The van der Waals surface area contributed by atoms with Crippen molar-refractivity contribution in [2.24, 2.45) is 0 Å². The van der Waals surface area contributed by atoms with Crippen molar-refractivity contribution in [2.75, 3.05) is 11.9 Å². The van der Waals surface area contributed by atoms with Crippen molar-refractivity contribution < 1.29 is 13.2 Å². The van der Waals surface area contributed by atoms with Gasteiger partial charge in [0.1, 0.15) is 0 Å². The highest BCUT2D eigenvalue weighted by atomic mass is 32.2. The number of nitrogens with one attached hydrogen (secondary N) is 1. The van der Waals surface area contributed by atoms with Gasteiger partial charge < -0.3 is 5.32 Å². The highest BCUT2D eigenvalue weighted by Crippen LogP contribution is 2.28. The molecule has 0 radical (unpaired) electrons. The van der Waals surface area contributed by atoms with E-state index in [1.54, 1.807) is 21.8 Å². The topological polar surface area (TPSA) is 66.5 Å². The fourth-order valence-electron chi connectivity index (χ4n) is 2.85. The van der Waals surface area contributed by atoms with E-state index in [0.29, 0.717) is 17.1 Å². The van der Waals surface area contributed by atoms with Crippen LogP contribution in [-0.4, -0.2) is 31.2 Å². The molecule has 128 valence electrons. The average Bonchev–Trinajstić information content (AvgIpc) is 3.07. The molecule has 3 rings (SSSR count). The first-order chi connectivity index (χ1) is 11.5. The zero-order valence-electron chi connectivity index (χ0n) is 13.4. The van der Waals surface area contributed by atoms with Gasteiger partial charge in [-0.1, -0.05) is 24.6 Å². The van der Waals surface area contributed by atoms with Crippen LogP contribution in [-0.2, 0) is 10.0 Å². The molecule has 0 spiro atoms. The molecule has 1 unspecified atom stereocenters. The smallest absolute Gasteiger partial charge is 0.265 e. The molecule has 1 aliphatic heterocycles. The Labute approximate surface area is 146 Å². The van der Waals surface area contributed by atoms with Gasteiger partial charge in [-0.25, -0.2) is 8.42 Å². The number of nitrogens with zero attached hydrogens (tertiary/aromatic N) is 1. The molecule has 5 nitrogen and oxygen atoms in total. The minimum absolute atomic E-state index is 0.00486. The molecule has 1 saturated heterocycles. The number of para-hydroxylation sites is 1. The Kier molecular flexibility index (Phi) is 5.03. The van der Waals surface area contributed by atoms with Crippen LogP contribution in [0.3, 0.4) is 0 Å². The normalized spacial score (nSPS) is 19.1. The van der Waals surface area contributed by atoms with E-state index in [4.69, 9.17) is 0 Å². The van der Waals surface area contributed by atoms with Crippen molar-refractivity contribution >= 4 is 33.0 Å². The standard InChI is InChI=1S/C17H20N2O3S2/c1-13-7-5-6-10-19(13)24(21,22)15-11-16(23-12-15)17(20)18-14-8-3-2-4-9-14/h2-4,8-9,11-13H,5-7,10H2,1H3,(H,18,20). The monoisotopic (exact) mass is 364 g/mol. The minimum Gasteiger partial charge on any atom is -0.321 e. The van der Waals surface area contributed by atoms with Crippen molar-refractivity contribution in [3.63, 3.8) is 0 Å². The number of piperidine rings is 1. The molecule has 1 aromatic carbocycles. The van der Waals surface area contributed by atoms with Crippen LogP contribution in [0.5, 0.6) is 0 Å². The lowest BCUT2D eigenvalue weighted by atomic mass is 10.1. The molecule has 1 amide bonds. The lowest BCUT2D eigenvalue weighted by Crippen LogP contribution is -2.41. The molecule has 2 aromatic rings. The summed E-state index contributed by atoms with van der Waals surface area (Å²) in [5.74, 6) is -0.292. The third kappa shape index (κ3) is 3.53. The summed E-state index contributed by atoms with van der Waals surface area (Å²) >= 11 is 1.15. The molecule has 2 heterocycles. The van der Waals surface area contributed by atoms with E-state index in [1.807, 2.05) is 25.1 Å². The van der Waals surface area contributed by atoms with Gasteiger partial charge in [0.25, 0.3) is 5.91 Å². The Morgan fingerprint density at radius 1 is 1.25 bits per heavy atom. The van der Waals surface area contributed by atoms with Crippen LogP contribution in [0.25, 0.3) is 0 Å². The van der Waals surface area contributed by atoms with E-state index in [1.165, 1.54) is 6.07 Å². The van der Waals surface area contributed by atoms with Crippen LogP contribution in [0, 0.1) is 0 Å². The number of carbonyl (C=O) groups excluding carboxylic acids is 1. The fourth-order valence-corrected chi connectivity index (χ4v) is 5.71. The van der Waals surface area contributed by atoms with Crippen molar-refractivity contribution in [3.8, 4) is 0 Å². The largest absolute Gasteiger partial charge is 0.321 e. The number of hydrogen-bond donors (Lipinski definition) is 1. The zero-order valence-corrected chi connectivity index (χ0v) is 15.1. The molecule has 0 saturated carbocycles. The number of benzene rings is 1. The summed E-state index contributed by atoms with van der Waals surface area (Å²) < 4.78 is 27.1. The van der Waals surface area contributed by atoms with Crippen molar-refractivity contribution in [1.82, 2.24) is 4.31 Å². The summed E-state index contributed by atoms with van der Waals surface area (Å²) in [5, 5.41) is 4.33. The van der Waals surface area contributed by atoms with Gasteiger partial charge in [-0.3, -0.25) is 4.79 Å². The van der Waals surface area contributed by atoms with Crippen LogP contribution < -0.4 is 5.32 Å². The quantitative estimate of drug-likeness (QED) is 0.902. The second kappa shape index (κ2) is 7.04. The minimum atomic E-state index is -3.53. The highest BCUT2D eigenvalue weighted by Gasteiger charge is 2.32. The van der Waals surface area contributed by atoms with Gasteiger partial charge in [-0.05, 0) is 38.0 Å². The molecular formula is C17H20N2O3S2. The van der Waals surface area contributed by atoms with E-state index in [-0.39, 0.29) is 16.8 Å². The summed E-state index contributed by atoms with van der Waals surface area (Å²) in [5.41, 5.74) is 0.685. The van der Waals surface area contributed by atoms with Gasteiger partial charge in [0, 0.05) is 23.7 Å². The third-order valence-corrected chi connectivity index (χ3v) is 7.25. The van der Waals surface area contributed by atoms with Gasteiger partial charge in [0.2, 0.25) is 10.0 Å². The van der Waals surface area contributed by atoms with Crippen molar-refractivity contribution in [1.29, 1.82) is 0 Å². The molecule has 7 heteroatoms. The van der Waals surface area contributed by atoms with Crippen LogP contribution in [0.1, 0.15) is 35.9 Å². The lowest BCUT2D eigenvalue weighted by Gasteiger charge is -2.31. The van der Waals surface area contributed by atoms with E-state index in [2.05, 4.69) is 5.32 Å². The number of hydrogen-bond acceptors (Lipinski definition) is 4. The van der Waals surface area contributed by atoms with Gasteiger partial charge in [0.05, 0.1) is 9.77 Å². The Balaban J connectivity index is 1.78. The van der Waals surface area contributed by atoms with Crippen LogP contribution in [0.4, 0.5) is 5.69 Å². The number of carbonyl (C=O) groups is 1. The molecular weight excluding hydrogens is 344 g/mol. The van der Waals surface area contributed by atoms with Crippen LogP contribution in [0.2, 0.25) is 0 Å². The number of rotatable bonds is 4. The first-order valence-electron chi connectivity index (χ1n) is 7.95. The summed E-state index contributed by atoms with van der Waals surface area (Å²) in [6.07, 6.45) is 2.82. The molecule has 1 fully saturated rings. The maximum Gasteiger partial charge on any atom is 0.265 e. The first-order valence-corrected chi connectivity index (χ1v) is 10.3. The number of thiophene rings is 1. The van der Waals surface area contributed by atoms with E-state index >= 15 is 0 Å². The highest BCUT2D eigenvalue weighted by molar-refractivity contribution is 7.89. The van der Waals surface area contributed by atoms with Crippen molar-refractivity contribution in [3.05, 3.63) is 46.7 Å². The maximum atomic E-state index is 12.8. The first kappa shape index (κ1) is 17.1. The fraction of sp³-hybridized carbons (Fsp3) is 0.353. The van der Waals surface area contributed by atoms with Crippen molar-refractivity contribution in [2.45, 2.75) is 37.1 Å². The van der Waals surface area contributed by atoms with E-state index < -0.39 is 10.0 Å². The zero-order chi connectivity index (χ0) is 17.2. The Hall–Kier alpha value is -1.70. The summed E-state index contributed by atoms with van der Waals surface area (Å²) in [7, 11) is -3.53. The van der Waals surface area contributed by atoms with Gasteiger partial charge in [-0.15, -0.1) is 11.3 Å². The summed E-state index contributed by atoms with van der Waals surface area (Å²) in [6, 6.07) is 10.6. The lowest BCUT2D eigenvalue weighted by molar-refractivity contribution is 0.103. The molecule has 1 aliphatic rings. The van der Waals surface area contributed by atoms with E-state index in [0.717, 1.165) is 30.6 Å².